The van der Waals surface area contributed by atoms with Gasteiger partial charge in [0, 0.05) is 5.54 Å². The van der Waals surface area contributed by atoms with E-state index in [2.05, 4.69) is 29.4 Å². The molecule has 1 aliphatic rings. The molecule has 0 spiro atoms. The minimum atomic E-state index is -0.422. The molecule has 27 heavy (non-hydrogen) atoms. The van der Waals surface area contributed by atoms with Gasteiger partial charge in [-0.3, -0.25) is 0 Å². The van der Waals surface area contributed by atoms with Crippen molar-refractivity contribution in [3.63, 3.8) is 0 Å². The van der Waals surface area contributed by atoms with Gasteiger partial charge in [0.2, 0.25) is 0 Å². The summed E-state index contributed by atoms with van der Waals surface area (Å²) in [5.74, 6) is 1.22. The average molecular weight is 368 g/mol. The number of aliphatic hydroxyl groups is 1. The zero-order chi connectivity index (χ0) is 19.3. The number of nitrogens with zero attached hydrogens (tertiary/aromatic N) is 1. The van der Waals surface area contributed by atoms with Crippen LogP contribution in [0, 0.1) is 0 Å². The molecule has 5 nitrogen and oxygen atoms in total. The number of nitrogens with two attached hydrogens (primary N) is 1. The number of ether oxygens (including phenoxy) is 1. The summed E-state index contributed by atoms with van der Waals surface area (Å²) in [6, 6.07) is 16.1. The van der Waals surface area contributed by atoms with Crippen LogP contribution < -0.4 is 10.5 Å². The second kappa shape index (κ2) is 8.55. The molecule has 3 N–H and O–H groups in total. The molecule has 2 aromatic rings. The van der Waals surface area contributed by atoms with Gasteiger partial charge in [0.25, 0.3) is 0 Å². The molecule has 1 saturated carbocycles. The van der Waals surface area contributed by atoms with Crippen molar-refractivity contribution in [3.05, 3.63) is 65.2 Å². The first-order chi connectivity index (χ1) is 13.0. The lowest BCUT2D eigenvalue weighted by molar-refractivity contribution is 0.130. The molecule has 3 rings (SSSR count). The van der Waals surface area contributed by atoms with E-state index in [1.54, 1.807) is 7.11 Å². The van der Waals surface area contributed by atoms with Crippen molar-refractivity contribution in [3.8, 4) is 5.75 Å². The van der Waals surface area contributed by atoms with Crippen molar-refractivity contribution in [2.75, 3.05) is 13.7 Å². The van der Waals surface area contributed by atoms with Crippen LogP contribution in [0.2, 0.25) is 0 Å². The highest BCUT2D eigenvalue weighted by atomic mass is 16.6. The van der Waals surface area contributed by atoms with E-state index in [1.807, 2.05) is 31.2 Å². The Labute approximate surface area is 160 Å². The smallest absolute Gasteiger partial charge is 0.142 e. The lowest BCUT2D eigenvalue weighted by atomic mass is 9.93. The fraction of sp³-hybridized carbons (Fsp3) is 0.409. The predicted molar refractivity (Wildman–Crippen MR) is 107 cm³/mol. The lowest BCUT2D eigenvalue weighted by Gasteiger charge is -2.20. The Morgan fingerprint density at radius 2 is 2.04 bits per heavy atom. The predicted octanol–water partition coefficient (Wildman–Crippen LogP) is 3.59. The third kappa shape index (κ3) is 4.87. The topological polar surface area (TPSA) is 77.1 Å². The van der Waals surface area contributed by atoms with Crippen molar-refractivity contribution < 1.29 is 14.7 Å². The van der Waals surface area contributed by atoms with E-state index in [4.69, 9.17) is 15.3 Å². The first-order valence-corrected chi connectivity index (χ1v) is 9.32. The van der Waals surface area contributed by atoms with Gasteiger partial charge in [0.05, 0.1) is 19.4 Å². The maximum atomic E-state index is 9.44. The number of benzene rings is 2. The molecule has 0 saturated heterocycles. The van der Waals surface area contributed by atoms with Gasteiger partial charge in [-0.15, -0.1) is 0 Å². The second-order valence-electron chi connectivity index (χ2n) is 7.38. The van der Waals surface area contributed by atoms with Gasteiger partial charge in [0.15, 0.2) is 0 Å². The largest absolute Gasteiger partial charge is 0.497 e. The summed E-state index contributed by atoms with van der Waals surface area (Å²) < 4.78 is 5.21. The van der Waals surface area contributed by atoms with E-state index < -0.39 is 5.54 Å². The molecule has 0 aliphatic heterocycles. The van der Waals surface area contributed by atoms with Gasteiger partial charge in [-0.1, -0.05) is 41.6 Å². The number of methoxy groups -OCH3 is 1. The molecule has 0 radical (unpaired) electrons. The van der Waals surface area contributed by atoms with Crippen LogP contribution in [0.5, 0.6) is 5.75 Å². The molecule has 0 amide bonds. The van der Waals surface area contributed by atoms with Gasteiger partial charge in [-0.05, 0) is 60.9 Å². The second-order valence-corrected chi connectivity index (χ2v) is 7.38. The highest BCUT2D eigenvalue weighted by Gasteiger charge is 2.35. The minimum Gasteiger partial charge on any atom is -0.497 e. The van der Waals surface area contributed by atoms with Crippen LogP contribution in [0.25, 0.3) is 0 Å². The Bertz CT molecular complexity index is 788. The van der Waals surface area contributed by atoms with Crippen LogP contribution in [-0.2, 0) is 11.4 Å². The Hall–Kier alpha value is -2.37. The van der Waals surface area contributed by atoms with Crippen molar-refractivity contribution in [1.82, 2.24) is 0 Å². The fourth-order valence-corrected chi connectivity index (χ4v) is 3.60. The standard InChI is InChI=1S/C22H28N2O3/c1-16(24-27-14-17-4-3-5-21(12-17)26-2)18-6-8-19(9-7-18)20-10-11-22(23,13-20)15-25/h3-9,12,20,25H,10-11,13-15,23H2,1-2H3/b24-16+/t20-,22+/m0/s1. The summed E-state index contributed by atoms with van der Waals surface area (Å²) in [4.78, 5) is 5.50. The van der Waals surface area contributed by atoms with Crippen LogP contribution in [0.4, 0.5) is 0 Å². The molecule has 0 aromatic heterocycles. The first kappa shape index (κ1) is 19.4. The van der Waals surface area contributed by atoms with Crippen molar-refractivity contribution in [2.24, 2.45) is 10.9 Å². The molecule has 144 valence electrons. The summed E-state index contributed by atoms with van der Waals surface area (Å²) in [6.07, 6.45) is 2.72. The SMILES string of the molecule is COc1cccc(CO/N=C(\C)c2ccc([C@H]3CC[C@](N)(CO)C3)cc2)c1. The van der Waals surface area contributed by atoms with Crippen LogP contribution in [0.3, 0.4) is 0 Å². The van der Waals surface area contributed by atoms with E-state index >= 15 is 0 Å². The van der Waals surface area contributed by atoms with E-state index in [-0.39, 0.29) is 6.61 Å². The molecular formula is C22H28N2O3. The van der Waals surface area contributed by atoms with Crippen molar-refractivity contribution in [1.29, 1.82) is 0 Å². The van der Waals surface area contributed by atoms with E-state index in [9.17, 15) is 5.11 Å². The van der Waals surface area contributed by atoms with Crippen LogP contribution in [0.15, 0.2) is 53.7 Å². The third-order valence-electron chi connectivity index (χ3n) is 5.33. The summed E-state index contributed by atoms with van der Waals surface area (Å²) >= 11 is 0. The van der Waals surface area contributed by atoms with Crippen LogP contribution in [0.1, 0.15) is 48.8 Å². The van der Waals surface area contributed by atoms with Crippen LogP contribution >= 0.6 is 0 Å². The highest BCUT2D eigenvalue weighted by Crippen LogP contribution is 2.39. The number of rotatable bonds is 7. The van der Waals surface area contributed by atoms with Gasteiger partial charge in [-0.2, -0.15) is 0 Å². The maximum absolute atomic E-state index is 9.44. The monoisotopic (exact) mass is 368 g/mol. The van der Waals surface area contributed by atoms with E-state index in [1.165, 1.54) is 5.56 Å². The number of hydrogen-bond donors (Lipinski definition) is 2. The van der Waals surface area contributed by atoms with E-state index in [0.717, 1.165) is 41.9 Å². The molecule has 0 unspecified atom stereocenters. The normalized spacial score (nSPS) is 22.7. The number of hydrogen-bond acceptors (Lipinski definition) is 5. The van der Waals surface area contributed by atoms with Gasteiger partial charge < -0.3 is 20.4 Å². The van der Waals surface area contributed by atoms with Crippen LogP contribution in [-0.4, -0.2) is 30.1 Å². The molecule has 0 heterocycles. The first-order valence-electron chi connectivity index (χ1n) is 9.32. The fourth-order valence-electron chi connectivity index (χ4n) is 3.60. The molecule has 1 aliphatic carbocycles. The van der Waals surface area contributed by atoms with Gasteiger partial charge in [-0.25, -0.2) is 0 Å². The lowest BCUT2D eigenvalue weighted by Crippen LogP contribution is -2.40. The Balaban J connectivity index is 1.58. The van der Waals surface area contributed by atoms with E-state index in [0.29, 0.717) is 12.5 Å². The average Bonchev–Trinajstić information content (AvgIpc) is 3.11. The number of oxime groups is 1. The van der Waals surface area contributed by atoms with Crippen molar-refractivity contribution in [2.45, 2.75) is 44.2 Å². The zero-order valence-corrected chi connectivity index (χ0v) is 16.0. The number of aliphatic hydroxyl groups excluding tert-OH is 1. The molecular weight excluding hydrogens is 340 g/mol. The Morgan fingerprint density at radius 1 is 1.26 bits per heavy atom. The van der Waals surface area contributed by atoms with Crippen molar-refractivity contribution >= 4 is 5.71 Å². The maximum Gasteiger partial charge on any atom is 0.142 e. The summed E-state index contributed by atoms with van der Waals surface area (Å²) in [6.45, 7) is 2.39. The quantitative estimate of drug-likeness (QED) is 0.578. The van der Waals surface area contributed by atoms with Gasteiger partial charge >= 0.3 is 0 Å². The minimum absolute atomic E-state index is 0.0535. The summed E-state index contributed by atoms with van der Waals surface area (Å²) in [5.41, 5.74) is 9.91. The summed E-state index contributed by atoms with van der Waals surface area (Å²) in [7, 11) is 1.65. The Kier molecular flexibility index (Phi) is 6.14. The molecule has 0 bridgehead atoms. The molecule has 1 fully saturated rings. The molecule has 2 atom stereocenters. The highest BCUT2D eigenvalue weighted by molar-refractivity contribution is 5.98. The summed E-state index contributed by atoms with van der Waals surface area (Å²) in [5, 5.41) is 13.7. The zero-order valence-electron chi connectivity index (χ0n) is 16.0. The Morgan fingerprint density at radius 3 is 2.70 bits per heavy atom. The molecule has 5 heteroatoms. The molecule has 2 aromatic carbocycles. The third-order valence-corrected chi connectivity index (χ3v) is 5.33. The van der Waals surface area contributed by atoms with Gasteiger partial charge in [0.1, 0.15) is 12.4 Å².